The molecule has 3 aromatic rings. The van der Waals surface area contributed by atoms with Crippen LogP contribution in [0.25, 0.3) is 11.1 Å². The summed E-state index contributed by atoms with van der Waals surface area (Å²) in [5, 5.41) is 4.91. The highest BCUT2D eigenvalue weighted by Crippen LogP contribution is 2.36. The lowest BCUT2D eigenvalue weighted by molar-refractivity contribution is 0.0958. The molecule has 3 N–H and O–H groups in total. The number of nitrogens with zero attached hydrogens (tertiary/aromatic N) is 2. The summed E-state index contributed by atoms with van der Waals surface area (Å²) >= 11 is 0. The summed E-state index contributed by atoms with van der Waals surface area (Å²) in [6.07, 6.45) is -2.19. The molecular formula is C27H27F4N5O3. The fourth-order valence-electron chi connectivity index (χ4n) is 4.47. The molecule has 2 amide bonds. The predicted molar refractivity (Wildman–Crippen MR) is 139 cm³/mol. The topological polar surface area (TPSA) is 97.5 Å². The van der Waals surface area contributed by atoms with Gasteiger partial charge in [0.25, 0.3) is 18.2 Å². The van der Waals surface area contributed by atoms with E-state index in [1.54, 1.807) is 0 Å². The minimum Gasteiger partial charge on any atom is -0.367 e. The van der Waals surface area contributed by atoms with Crippen LogP contribution in [0.1, 0.15) is 39.6 Å². The van der Waals surface area contributed by atoms with Gasteiger partial charge in [0, 0.05) is 56.1 Å². The van der Waals surface area contributed by atoms with Crippen molar-refractivity contribution in [3.05, 3.63) is 81.3 Å². The lowest BCUT2D eigenvalue weighted by atomic mass is 9.99. The lowest BCUT2D eigenvalue weighted by Crippen LogP contribution is -2.50. The first kappa shape index (κ1) is 27.8. The zero-order valence-electron chi connectivity index (χ0n) is 21.4. The molecule has 1 aliphatic rings. The molecule has 12 heteroatoms. The van der Waals surface area contributed by atoms with Gasteiger partial charge in [-0.1, -0.05) is 6.07 Å². The van der Waals surface area contributed by atoms with E-state index < -0.39 is 46.6 Å². The van der Waals surface area contributed by atoms with Crippen LogP contribution in [-0.2, 0) is 0 Å². The van der Waals surface area contributed by atoms with Crippen molar-refractivity contribution in [3.63, 3.8) is 0 Å². The maximum atomic E-state index is 15.6. The van der Waals surface area contributed by atoms with Crippen LogP contribution < -0.4 is 21.1 Å². The van der Waals surface area contributed by atoms with Gasteiger partial charge in [-0.3, -0.25) is 14.4 Å². The number of aromatic nitrogens is 1. The van der Waals surface area contributed by atoms with Gasteiger partial charge in [0.1, 0.15) is 11.6 Å². The van der Waals surface area contributed by atoms with Crippen LogP contribution in [0, 0.1) is 11.6 Å². The van der Waals surface area contributed by atoms with Crippen LogP contribution in [0.3, 0.4) is 0 Å². The summed E-state index contributed by atoms with van der Waals surface area (Å²) in [6, 6.07) is 6.79. The van der Waals surface area contributed by atoms with E-state index in [0.29, 0.717) is 31.4 Å². The maximum absolute atomic E-state index is 15.6. The van der Waals surface area contributed by atoms with Gasteiger partial charge in [-0.15, -0.1) is 0 Å². The average molecular weight is 546 g/mol. The second kappa shape index (κ2) is 11.3. The summed E-state index contributed by atoms with van der Waals surface area (Å²) in [4.78, 5) is 43.1. The fourth-order valence-corrected chi connectivity index (χ4v) is 4.47. The smallest absolute Gasteiger partial charge is 0.264 e. The van der Waals surface area contributed by atoms with Gasteiger partial charge in [0.2, 0.25) is 5.56 Å². The Hall–Kier alpha value is -4.19. The normalized spacial score (nSPS) is 15.9. The molecule has 1 aliphatic heterocycles. The maximum Gasteiger partial charge on any atom is 0.264 e. The van der Waals surface area contributed by atoms with Crippen LogP contribution in [-0.4, -0.2) is 61.5 Å². The van der Waals surface area contributed by atoms with E-state index >= 15 is 4.39 Å². The SMILES string of the molecule is CNC(=O)c1cc(-c2cc(NC(=O)c3c[nH]c(=O)cc3C(F)F)c(N3CCN(C)[C@@H](C)C3)cc2F)ccc1F. The highest BCUT2D eigenvalue weighted by atomic mass is 19.3. The highest BCUT2D eigenvalue weighted by molar-refractivity contribution is 6.07. The zero-order chi connectivity index (χ0) is 28.4. The molecule has 39 heavy (non-hydrogen) atoms. The predicted octanol–water partition coefficient (Wildman–Crippen LogP) is 4.01. The third-order valence-electron chi connectivity index (χ3n) is 6.82. The number of halogens is 4. The average Bonchev–Trinajstić information content (AvgIpc) is 2.90. The number of amides is 2. The van der Waals surface area contributed by atoms with Crippen molar-refractivity contribution in [2.45, 2.75) is 19.4 Å². The van der Waals surface area contributed by atoms with E-state index in [0.717, 1.165) is 12.3 Å². The molecule has 1 saturated heterocycles. The Morgan fingerprint density at radius 3 is 2.44 bits per heavy atom. The number of aromatic amines is 1. The van der Waals surface area contributed by atoms with Gasteiger partial charge in [-0.2, -0.15) is 0 Å². The van der Waals surface area contributed by atoms with E-state index in [2.05, 4.69) is 20.5 Å². The second-order valence-corrected chi connectivity index (χ2v) is 9.32. The Balaban J connectivity index is 1.83. The first-order chi connectivity index (χ1) is 18.5. The molecule has 1 atom stereocenters. The summed E-state index contributed by atoms with van der Waals surface area (Å²) in [7, 11) is 3.29. The first-order valence-electron chi connectivity index (χ1n) is 12.1. The molecule has 0 bridgehead atoms. The molecule has 0 aliphatic carbocycles. The third kappa shape index (κ3) is 5.80. The van der Waals surface area contributed by atoms with Gasteiger partial charge in [0.05, 0.1) is 22.5 Å². The summed E-state index contributed by atoms with van der Waals surface area (Å²) in [5.41, 5.74) is -1.73. The number of likely N-dealkylation sites (N-methyl/N-ethyl adjacent to an activating group) is 1. The van der Waals surface area contributed by atoms with Gasteiger partial charge in [0.15, 0.2) is 0 Å². The molecule has 0 radical (unpaired) electrons. The van der Waals surface area contributed by atoms with Gasteiger partial charge < -0.3 is 25.4 Å². The number of rotatable bonds is 6. The zero-order valence-corrected chi connectivity index (χ0v) is 21.4. The monoisotopic (exact) mass is 545 g/mol. The van der Waals surface area contributed by atoms with E-state index in [-0.39, 0.29) is 28.4 Å². The Morgan fingerprint density at radius 1 is 1.03 bits per heavy atom. The molecule has 206 valence electrons. The third-order valence-corrected chi connectivity index (χ3v) is 6.82. The van der Waals surface area contributed by atoms with Crippen molar-refractivity contribution in [2.75, 3.05) is 43.9 Å². The Bertz CT molecular complexity index is 1480. The highest BCUT2D eigenvalue weighted by Gasteiger charge is 2.26. The number of alkyl halides is 2. The number of hydrogen-bond acceptors (Lipinski definition) is 5. The first-order valence-corrected chi connectivity index (χ1v) is 12.1. The molecule has 1 aromatic heterocycles. The largest absolute Gasteiger partial charge is 0.367 e. The number of H-pyrrole nitrogens is 1. The number of hydrogen-bond donors (Lipinski definition) is 3. The van der Waals surface area contributed by atoms with Gasteiger partial charge in [-0.25, -0.2) is 17.6 Å². The summed E-state index contributed by atoms with van der Waals surface area (Å²) in [5.74, 6) is -3.13. The van der Waals surface area contributed by atoms with Crippen molar-refractivity contribution < 1.29 is 27.2 Å². The van der Waals surface area contributed by atoms with Crippen LogP contribution >= 0.6 is 0 Å². The van der Waals surface area contributed by atoms with Crippen molar-refractivity contribution in [3.8, 4) is 11.1 Å². The van der Waals surface area contributed by atoms with E-state index in [1.807, 2.05) is 18.9 Å². The number of piperazine rings is 1. The van der Waals surface area contributed by atoms with Crippen LogP contribution in [0.2, 0.25) is 0 Å². The number of benzene rings is 2. The summed E-state index contributed by atoms with van der Waals surface area (Å²) in [6.45, 7) is 3.64. The molecule has 0 spiro atoms. The molecule has 8 nitrogen and oxygen atoms in total. The number of carbonyl (C=O) groups is 2. The Kier molecular flexibility index (Phi) is 8.05. The molecule has 2 aromatic carbocycles. The fraction of sp³-hybridized carbons (Fsp3) is 0.296. The van der Waals surface area contributed by atoms with Crippen molar-refractivity contribution >= 4 is 23.2 Å². The van der Waals surface area contributed by atoms with Crippen molar-refractivity contribution in [1.29, 1.82) is 0 Å². The second-order valence-electron chi connectivity index (χ2n) is 9.32. The Morgan fingerprint density at radius 2 is 1.77 bits per heavy atom. The minimum atomic E-state index is -3.09. The lowest BCUT2D eigenvalue weighted by Gasteiger charge is -2.39. The van der Waals surface area contributed by atoms with E-state index in [4.69, 9.17) is 0 Å². The number of nitrogens with one attached hydrogen (secondary N) is 3. The van der Waals surface area contributed by atoms with E-state index in [1.165, 1.54) is 31.3 Å². The number of pyridine rings is 1. The Labute approximate surface area is 221 Å². The van der Waals surface area contributed by atoms with Crippen LogP contribution in [0.5, 0.6) is 0 Å². The van der Waals surface area contributed by atoms with Gasteiger partial charge >= 0.3 is 0 Å². The summed E-state index contributed by atoms with van der Waals surface area (Å²) < 4.78 is 57.0. The molecule has 0 saturated carbocycles. The van der Waals surface area contributed by atoms with E-state index in [9.17, 15) is 27.6 Å². The molecule has 0 unspecified atom stereocenters. The van der Waals surface area contributed by atoms with Crippen molar-refractivity contribution in [1.82, 2.24) is 15.2 Å². The quantitative estimate of drug-likeness (QED) is 0.407. The molecular weight excluding hydrogens is 518 g/mol. The van der Waals surface area contributed by atoms with Crippen LogP contribution in [0.15, 0.2) is 47.4 Å². The van der Waals surface area contributed by atoms with Crippen LogP contribution in [0.4, 0.5) is 28.9 Å². The number of carbonyl (C=O) groups excluding carboxylic acids is 2. The standard InChI is InChI=1S/C27H27F4N5O3/c1-14-13-36(7-6-35(14)3)23-11-21(29)16(15-4-5-20(28)18(8-15)26(38)32-2)9-22(23)34-27(39)19-12-33-24(37)10-17(19)25(30)31/h4-5,8-12,14,25H,6-7,13H2,1-3H3,(H,32,38)(H,33,37)(H,34,39)/t14-/m0/s1. The molecule has 2 heterocycles. The van der Waals surface area contributed by atoms with Crippen molar-refractivity contribution in [2.24, 2.45) is 0 Å². The van der Waals surface area contributed by atoms with Gasteiger partial charge in [-0.05, 0) is 43.8 Å². The molecule has 4 rings (SSSR count). The minimum absolute atomic E-state index is 0.0445. The molecule has 1 fully saturated rings. The number of anilines is 2.